The molecular weight excluding hydrogens is 296 g/mol. The number of nitro groups is 1. The molecule has 1 unspecified atom stereocenters. The molecular formula is C14H21ClN2O4. The molecule has 1 aromatic rings. The fourth-order valence-electron chi connectivity index (χ4n) is 2.14. The van der Waals surface area contributed by atoms with Crippen LogP contribution in [0.2, 0.25) is 0 Å². The van der Waals surface area contributed by atoms with Crippen molar-refractivity contribution in [2.75, 3.05) is 38.9 Å². The van der Waals surface area contributed by atoms with Crippen molar-refractivity contribution in [1.29, 1.82) is 0 Å². The summed E-state index contributed by atoms with van der Waals surface area (Å²) in [5.41, 5.74) is 1.32. The average Bonchev–Trinajstić information content (AvgIpc) is 2.47. The van der Waals surface area contributed by atoms with Crippen LogP contribution in [0.25, 0.3) is 0 Å². The highest BCUT2D eigenvalue weighted by Gasteiger charge is 2.23. The van der Waals surface area contributed by atoms with Gasteiger partial charge in [0.2, 0.25) is 0 Å². The van der Waals surface area contributed by atoms with E-state index in [2.05, 4.69) is 0 Å². The van der Waals surface area contributed by atoms with Crippen LogP contribution in [-0.2, 0) is 15.4 Å². The third kappa shape index (κ3) is 4.84. The van der Waals surface area contributed by atoms with Gasteiger partial charge < -0.3 is 14.4 Å². The van der Waals surface area contributed by atoms with Gasteiger partial charge in [0.15, 0.2) is 0 Å². The molecule has 0 spiro atoms. The third-order valence-electron chi connectivity index (χ3n) is 3.18. The van der Waals surface area contributed by atoms with Crippen molar-refractivity contribution in [1.82, 2.24) is 0 Å². The van der Waals surface area contributed by atoms with E-state index < -0.39 is 0 Å². The van der Waals surface area contributed by atoms with E-state index >= 15 is 0 Å². The van der Waals surface area contributed by atoms with Gasteiger partial charge in [-0.1, -0.05) is 6.07 Å². The summed E-state index contributed by atoms with van der Waals surface area (Å²) in [6.07, 6.45) is 0. The van der Waals surface area contributed by atoms with Gasteiger partial charge in [-0.25, -0.2) is 0 Å². The Balaban J connectivity index is 3.18. The summed E-state index contributed by atoms with van der Waals surface area (Å²) in [6.45, 7) is 3.45. The minimum atomic E-state index is -0.384. The van der Waals surface area contributed by atoms with E-state index in [9.17, 15) is 10.1 Å². The van der Waals surface area contributed by atoms with E-state index in [4.69, 9.17) is 21.1 Å². The first-order valence-electron chi connectivity index (χ1n) is 6.63. The first-order valence-corrected chi connectivity index (χ1v) is 7.16. The van der Waals surface area contributed by atoms with Gasteiger partial charge in [-0.05, 0) is 18.6 Å². The molecule has 0 aliphatic carbocycles. The summed E-state index contributed by atoms with van der Waals surface area (Å²) in [5, 5.41) is 11.3. The monoisotopic (exact) mass is 316 g/mol. The average molecular weight is 317 g/mol. The molecule has 0 aliphatic heterocycles. The SMILES string of the molecule is COCCN(c1ccc(CCl)cc1[N+](=O)[O-])C(C)COC. The molecule has 0 aliphatic rings. The van der Waals surface area contributed by atoms with E-state index in [-0.39, 0.29) is 22.5 Å². The zero-order valence-corrected chi connectivity index (χ0v) is 13.3. The standard InChI is InChI=1S/C14H21ClN2O4/c1-11(10-21-3)16(6-7-20-2)13-5-4-12(9-15)8-14(13)17(18)19/h4-5,8,11H,6-7,9-10H2,1-3H3. The molecule has 0 amide bonds. The Morgan fingerprint density at radius 1 is 1.38 bits per heavy atom. The van der Waals surface area contributed by atoms with Crippen LogP contribution in [0.5, 0.6) is 0 Å². The van der Waals surface area contributed by atoms with Crippen LogP contribution in [-0.4, -0.2) is 44.9 Å². The van der Waals surface area contributed by atoms with E-state index in [0.29, 0.717) is 25.4 Å². The number of nitro benzene ring substituents is 1. The maximum atomic E-state index is 11.3. The van der Waals surface area contributed by atoms with Gasteiger partial charge in [-0.15, -0.1) is 11.6 Å². The lowest BCUT2D eigenvalue weighted by atomic mass is 10.1. The lowest BCUT2D eigenvalue weighted by Gasteiger charge is -2.30. The lowest BCUT2D eigenvalue weighted by Crippen LogP contribution is -2.39. The summed E-state index contributed by atoms with van der Waals surface area (Å²) in [5.74, 6) is 0.243. The highest BCUT2D eigenvalue weighted by Crippen LogP contribution is 2.31. The normalized spacial score (nSPS) is 12.2. The summed E-state index contributed by atoms with van der Waals surface area (Å²) in [7, 11) is 3.21. The molecule has 21 heavy (non-hydrogen) atoms. The molecule has 7 heteroatoms. The van der Waals surface area contributed by atoms with E-state index in [1.807, 2.05) is 11.8 Å². The number of hydrogen-bond acceptors (Lipinski definition) is 5. The molecule has 0 aromatic heterocycles. The molecule has 1 rings (SSSR count). The van der Waals surface area contributed by atoms with E-state index in [1.54, 1.807) is 26.4 Å². The Hall–Kier alpha value is -1.37. The van der Waals surface area contributed by atoms with Crippen molar-refractivity contribution < 1.29 is 14.4 Å². The minimum Gasteiger partial charge on any atom is -0.383 e. The van der Waals surface area contributed by atoms with Gasteiger partial charge >= 0.3 is 0 Å². The van der Waals surface area contributed by atoms with Crippen LogP contribution in [0.1, 0.15) is 12.5 Å². The predicted molar refractivity (Wildman–Crippen MR) is 83.2 cm³/mol. The maximum Gasteiger partial charge on any atom is 0.292 e. The van der Waals surface area contributed by atoms with Gasteiger partial charge in [0.1, 0.15) is 5.69 Å². The minimum absolute atomic E-state index is 0.00861. The second kappa shape index (κ2) is 8.81. The maximum absolute atomic E-state index is 11.3. The molecule has 0 saturated carbocycles. The molecule has 0 saturated heterocycles. The van der Waals surface area contributed by atoms with Crippen molar-refractivity contribution >= 4 is 23.0 Å². The van der Waals surface area contributed by atoms with Gasteiger partial charge in [0.25, 0.3) is 5.69 Å². The van der Waals surface area contributed by atoms with Crippen LogP contribution in [0.15, 0.2) is 18.2 Å². The Morgan fingerprint density at radius 3 is 2.62 bits per heavy atom. The number of rotatable bonds is 9. The highest BCUT2D eigenvalue weighted by molar-refractivity contribution is 6.17. The molecule has 1 aromatic carbocycles. The molecule has 0 N–H and O–H groups in total. The zero-order valence-electron chi connectivity index (χ0n) is 12.5. The predicted octanol–water partition coefficient (Wildman–Crippen LogP) is 2.82. The summed E-state index contributed by atoms with van der Waals surface area (Å²) >= 11 is 5.76. The first kappa shape index (κ1) is 17.7. The number of ether oxygens (including phenoxy) is 2. The summed E-state index contributed by atoms with van der Waals surface area (Å²) < 4.78 is 10.3. The Labute approximate surface area is 129 Å². The topological polar surface area (TPSA) is 64.8 Å². The quantitative estimate of drug-likeness (QED) is 0.398. The van der Waals surface area contributed by atoms with Crippen LogP contribution in [0, 0.1) is 10.1 Å². The van der Waals surface area contributed by atoms with Crippen LogP contribution in [0.3, 0.4) is 0 Å². The molecule has 0 heterocycles. The summed E-state index contributed by atoms with van der Waals surface area (Å²) in [6, 6.07) is 5.04. The van der Waals surface area contributed by atoms with E-state index in [0.717, 1.165) is 5.56 Å². The first-order chi connectivity index (χ1) is 10.0. The van der Waals surface area contributed by atoms with Crippen molar-refractivity contribution in [2.45, 2.75) is 18.8 Å². The fraction of sp³-hybridized carbons (Fsp3) is 0.571. The second-order valence-corrected chi connectivity index (χ2v) is 4.97. The number of hydrogen-bond donors (Lipinski definition) is 0. The van der Waals surface area contributed by atoms with Crippen LogP contribution >= 0.6 is 11.6 Å². The fourth-order valence-corrected chi connectivity index (χ4v) is 2.31. The van der Waals surface area contributed by atoms with Gasteiger partial charge in [0, 0.05) is 38.8 Å². The summed E-state index contributed by atoms with van der Waals surface area (Å²) in [4.78, 5) is 12.9. The van der Waals surface area contributed by atoms with Gasteiger partial charge in [0.05, 0.1) is 18.1 Å². The molecule has 0 fully saturated rings. The van der Waals surface area contributed by atoms with Crippen molar-refractivity contribution in [2.24, 2.45) is 0 Å². The molecule has 0 bridgehead atoms. The number of nitrogens with zero attached hydrogens (tertiary/aromatic N) is 2. The molecule has 6 nitrogen and oxygen atoms in total. The molecule has 118 valence electrons. The Kier molecular flexibility index (Phi) is 7.42. The van der Waals surface area contributed by atoms with Crippen LogP contribution in [0.4, 0.5) is 11.4 Å². The number of halogens is 1. The third-order valence-corrected chi connectivity index (χ3v) is 3.49. The number of benzene rings is 1. The zero-order chi connectivity index (χ0) is 15.8. The number of alkyl halides is 1. The Morgan fingerprint density at radius 2 is 2.10 bits per heavy atom. The highest BCUT2D eigenvalue weighted by atomic mass is 35.5. The Bertz CT molecular complexity index is 470. The van der Waals surface area contributed by atoms with Crippen molar-refractivity contribution in [3.63, 3.8) is 0 Å². The molecule has 1 atom stereocenters. The van der Waals surface area contributed by atoms with Crippen molar-refractivity contribution in [3.05, 3.63) is 33.9 Å². The van der Waals surface area contributed by atoms with Gasteiger partial charge in [-0.3, -0.25) is 10.1 Å². The van der Waals surface area contributed by atoms with Gasteiger partial charge in [-0.2, -0.15) is 0 Å². The largest absolute Gasteiger partial charge is 0.383 e. The number of methoxy groups -OCH3 is 2. The second-order valence-electron chi connectivity index (χ2n) is 4.70. The number of anilines is 1. The van der Waals surface area contributed by atoms with E-state index in [1.165, 1.54) is 6.07 Å². The van der Waals surface area contributed by atoms with Crippen LogP contribution < -0.4 is 4.90 Å². The van der Waals surface area contributed by atoms with Crippen molar-refractivity contribution in [3.8, 4) is 0 Å². The lowest BCUT2D eigenvalue weighted by molar-refractivity contribution is -0.384. The smallest absolute Gasteiger partial charge is 0.292 e. The molecule has 0 radical (unpaired) electrons.